The fraction of sp³-hybridized carbons (Fsp3) is 0.182. The Balaban J connectivity index is 1.80. The Kier molecular flexibility index (Phi) is 5.79. The van der Waals surface area contributed by atoms with E-state index < -0.39 is 0 Å². The molecule has 3 rings (SSSR count). The molecular formula is C22H23N3O3. The lowest BCUT2D eigenvalue weighted by Crippen LogP contribution is -2.13. The van der Waals surface area contributed by atoms with Gasteiger partial charge in [0.2, 0.25) is 0 Å². The van der Waals surface area contributed by atoms with E-state index in [9.17, 15) is 4.79 Å². The minimum Gasteiger partial charge on any atom is -0.497 e. The third kappa shape index (κ3) is 4.23. The van der Waals surface area contributed by atoms with Crippen molar-refractivity contribution in [2.45, 2.75) is 13.8 Å². The molecule has 2 N–H and O–H groups in total. The zero-order chi connectivity index (χ0) is 20.1. The maximum Gasteiger partial charge on any atom is 0.255 e. The summed E-state index contributed by atoms with van der Waals surface area (Å²) in [7, 11) is 3.18. The van der Waals surface area contributed by atoms with Gasteiger partial charge in [-0.15, -0.1) is 0 Å². The summed E-state index contributed by atoms with van der Waals surface area (Å²) in [6, 6.07) is 14.6. The van der Waals surface area contributed by atoms with Crippen LogP contribution in [-0.4, -0.2) is 25.1 Å². The van der Waals surface area contributed by atoms with Crippen molar-refractivity contribution in [2.24, 2.45) is 0 Å². The van der Waals surface area contributed by atoms with E-state index in [1.165, 1.54) is 0 Å². The minimum atomic E-state index is -0.194. The second-order valence-electron chi connectivity index (χ2n) is 6.32. The van der Waals surface area contributed by atoms with Gasteiger partial charge in [0.1, 0.15) is 17.3 Å². The van der Waals surface area contributed by atoms with Crippen molar-refractivity contribution in [3.8, 4) is 11.5 Å². The lowest BCUT2D eigenvalue weighted by Gasteiger charge is -2.13. The van der Waals surface area contributed by atoms with Gasteiger partial charge in [0.25, 0.3) is 5.91 Å². The summed E-state index contributed by atoms with van der Waals surface area (Å²) in [6.07, 6.45) is 1.59. The molecule has 0 unspecified atom stereocenters. The van der Waals surface area contributed by atoms with Crippen LogP contribution >= 0.6 is 0 Å². The van der Waals surface area contributed by atoms with Crippen molar-refractivity contribution in [3.05, 3.63) is 71.4 Å². The molecule has 0 saturated carbocycles. The zero-order valence-corrected chi connectivity index (χ0v) is 16.4. The number of nitrogens with zero attached hydrogens (tertiary/aromatic N) is 1. The van der Waals surface area contributed by atoms with Gasteiger partial charge in [0.15, 0.2) is 0 Å². The number of methoxy groups -OCH3 is 2. The quantitative estimate of drug-likeness (QED) is 0.651. The Morgan fingerprint density at radius 2 is 1.79 bits per heavy atom. The summed E-state index contributed by atoms with van der Waals surface area (Å²) < 4.78 is 10.6. The number of aromatic nitrogens is 1. The van der Waals surface area contributed by atoms with Gasteiger partial charge in [-0.3, -0.25) is 4.79 Å². The molecule has 0 bridgehead atoms. The molecule has 144 valence electrons. The predicted octanol–water partition coefficient (Wildman–Crippen LogP) is 4.71. The van der Waals surface area contributed by atoms with E-state index in [0.717, 1.165) is 22.5 Å². The van der Waals surface area contributed by atoms with Crippen LogP contribution in [0.15, 0.2) is 54.7 Å². The normalized spacial score (nSPS) is 10.3. The van der Waals surface area contributed by atoms with Crippen LogP contribution in [0.1, 0.15) is 21.5 Å². The summed E-state index contributed by atoms with van der Waals surface area (Å²) in [5.41, 5.74) is 4.20. The molecule has 6 nitrogen and oxygen atoms in total. The molecule has 0 spiro atoms. The molecule has 0 aliphatic carbocycles. The Morgan fingerprint density at radius 1 is 0.964 bits per heavy atom. The molecule has 1 amide bonds. The molecule has 28 heavy (non-hydrogen) atoms. The first-order valence-corrected chi connectivity index (χ1v) is 8.84. The molecule has 1 heterocycles. The summed E-state index contributed by atoms with van der Waals surface area (Å²) in [4.78, 5) is 17.0. The van der Waals surface area contributed by atoms with Gasteiger partial charge in [-0.1, -0.05) is 12.1 Å². The van der Waals surface area contributed by atoms with Crippen molar-refractivity contribution < 1.29 is 14.3 Å². The SMILES string of the molecule is COc1ccc(Nc2cc(C(=O)Nc3cccc(C)c3C)ccn2)c(OC)c1. The number of carbonyl (C=O) groups excluding carboxylic acids is 1. The highest BCUT2D eigenvalue weighted by atomic mass is 16.5. The molecule has 0 aliphatic rings. The van der Waals surface area contributed by atoms with Crippen LogP contribution in [0, 0.1) is 13.8 Å². The molecule has 2 aromatic carbocycles. The summed E-state index contributed by atoms with van der Waals surface area (Å²) >= 11 is 0. The van der Waals surface area contributed by atoms with Gasteiger partial charge >= 0.3 is 0 Å². The highest BCUT2D eigenvalue weighted by Crippen LogP contribution is 2.31. The number of amides is 1. The van der Waals surface area contributed by atoms with Crippen molar-refractivity contribution in [2.75, 3.05) is 24.9 Å². The van der Waals surface area contributed by atoms with Crippen LogP contribution < -0.4 is 20.1 Å². The number of hydrogen-bond acceptors (Lipinski definition) is 5. The number of ether oxygens (including phenoxy) is 2. The van der Waals surface area contributed by atoms with Crippen LogP contribution in [-0.2, 0) is 0 Å². The monoisotopic (exact) mass is 377 g/mol. The Morgan fingerprint density at radius 3 is 2.54 bits per heavy atom. The number of carbonyl (C=O) groups is 1. The summed E-state index contributed by atoms with van der Waals surface area (Å²) in [6.45, 7) is 4.00. The molecule has 0 radical (unpaired) electrons. The molecule has 0 fully saturated rings. The Labute approximate surface area is 164 Å². The van der Waals surface area contributed by atoms with Crippen molar-refractivity contribution in [3.63, 3.8) is 0 Å². The van der Waals surface area contributed by atoms with E-state index in [-0.39, 0.29) is 5.91 Å². The molecular weight excluding hydrogens is 354 g/mol. The van der Waals surface area contributed by atoms with Crippen LogP contribution in [0.5, 0.6) is 11.5 Å². The maximum atomic E-state index is 12.7. The van der Waals surface area contributed by atoms with E-state index in [1.54, 1.807) is 38.6 Å². The second-order valence-corrected chi connectivity index (χ2v) is 6.32. The van der Waals surface area contributed by atoms with Gasteiger partial charge in [0.05, 0.1) is 19.9 Å². The van der Waals surface area contributed by atoms with Crippen molar-refractivity contribution in [1.29, 1.82) is 0 Å². The molecule has 3 aromatic rings. The summed E-state index contributed by atoms with van der Waals surface area (Å²) in [5.74, 6) is 1.65. The third-order valence-corrected chi connectivity index (χ3v) is 4.55. The second kappa shape index (κ2) is 8.43. The highest BCUT2D eigenvalue weighted by molar-refractivity contribution is 6.05. The molecule has 0 atom stereocenters. The first kappa shape index (κ1) is 19.2. The van der Waals surface area contributed by atoms with E-state index in [2.05, 4.69) is 15.6 Å². The maximum absolute atomic E-state index is 12.7. The number of aryl methyl sites for hydroxylation is 1. The van der Waals surface area contributed by atoms with E-state index in [1.807, 2.05) is 44.2 Å². The smallest absolute Gasteiger partial charge is 0.255 e. The van der Waals surface area contributed by atoms with Gasteiger partial charge in [-0.2, -0.15) is 0 Å². The van der Waals surface area contributed by atoms with Gasteiger partial charge < -0.3 is 20.1 Å². The van der Waals surface area contributed by atoms with Crippen LogP contribution in [0.2, 0.25) is 0 Å². The topological polar surface area (TPSA) is 72.5 Å². The number of nitrogens with one attached hydrogen (secondary N) is 2. The first-order valence-electron chi connectivity index (χ1n) is 8.84. The number of anilines is 3. The molecule has 6 heteroatoms. The van der Waals surface area contributed by atoms with E-state index >= 15 is 0 Å². The van der Waals surface area contributed by atoms with Gasteiger partial charge in [-0.05, 0) is 55.3 Å². The fourth-order valence-electron chi connectivity index (χ4n) is 2.76. The molecule has 1 aromatic heterocycles. The van der Waals surface area contributed by atoms with Crippen LogP contribution in [0.4, 0.5) is 17.2 Å². The van der Waals surface area contributed by atoms with Crippen LogP contribution in [0.25, 0.3) is 0 Å². The molecule has 0 saturated heterocycles. The average molecular weight is 377 g/mol. The van der Waals surface area contributed by atoms with Gasteiger partial charge in [0, 0.05) is 23.5 Å². The number of hydrogen-bond donors (Lipinski definition) is 2. The lowest BCUT2D eigenvalue weighted by atomic mass is 10.1. The highest BCUT2D eigenvalue weighted by Gasteiger charge is 2.11. The Hall–Kier alpha value is -3.54. The van der Waals surface area contributed by atoms with Crippen molar-refractivity contribution in [1.82, 2.24) is 4.98 Å². The number of rotatable bonds is 6. The number of pyridine rings is 1. The first-order chi connectivity index (χ1) is 13.5. The fourth-order valence-corrected chi connectivity index (χ4v) is 2.76. The summed E-state index contributed by atoms with van der Waals surface area (Å²) in [5, 5.41) is 6.14. The van der Waals surface area contributed by atoms with Crippen molar-refractivity contribution >= 4 is 23.1 Å². The molecule has 0 aliphatic heterocycles. The largest absolute Gasteiger partial charge is 0.497 e. The third-order valence-electron chi connectivity index (χ3n) is 4.55. The van der Waals surface area contributed by atoms with Gasteiger partial charge in [-0.25, -0.2) is 4.98 Å². The average Bonchev–Trinajstić information content (AvgIpc) is 2.72. The van der Waals surface area contributed by atoms with E-state index in [4.69, 9.17) is 9.47 Å². The zero-order valence-electron chi connectivity index (χ0n) is 16.4. The predicted molar refractivity (Wildman–Crippen MR) is 111 cm³/mol. The van der Waals surface area contributed by atoms with Crippen LogP contribution in [0.3, 0.4) is 0 Å². The lowest BCUT2D eigenvalue weighted by molar-refractivity contribution is 0.102. The Bertz CT molecular complexity index is 1000. The van der Waals surface area contributed by atoms with E-state index in [0.29, 0.717) is 22.9 Å². The number of benzene rings is 2. The standard InChI is InChI=1S/C22H23N3O3/c1-14-6-5-7-18(15(14)2)25-22(26)16-10-11-23-21(12-16)24-19-9-8-17(27-3)13-20(19)28-4/h5-13H,1-4H3,(H,23,24)(H,25,26). The minimum absolute atomic E-state index is 0.194.